The van der Waals surface area contributed by atoms with Gasteiger partial charge in [-0.2, -0.15) is 11.8 Å². The van der Waals surface area contributed by atoms with Crippen molar-refractivity contribution in [2.24, 2.45) is 5.92 Å². The van der Waals surface area contributed by atoms with E-state index in [4.69, 9.17) is 0 Å². The summed E-state index contributed by atoms with van der Waals surface area (Å²) in [5, 5.41) is 3.04. The molecule has 2 amide bonds. The summed E-state index contributed by atoms with van der Waals surface area (Å²) in [6.45, 7) is 2.78. The van der Waals surface area contributed by atoms with Crippen molar-refractivity contribution >= 4 is 17.8 Å². The third kappa shape index (κ3) is 2.56. The molecular formula is C10H18N2OS. The van der Waals surface area contributed by atoms with E-state index in [1.807, 2.05) is 16.7 Å². The van der Waals surface area contributed by atoms with Crippen LogP contribution in [-0.2, 0) is 0 Å². The molecular weight excluding hydrogens is 196 g/mol. The first kappa shape index (κ1) is 10.1. The van der Waals surface area contributed by atoms with E-state index in [0.717, 1.165) is 19.6 Å². The zero-order valence-corrected chi connectivity index (χ0v) is 9.31. The highest BCUT2D eigenvalue weighted by molar-refractivity contribution is 7.99. The molecule has 2 saturated heterocycles. The summed E-state index contributed by atoms with van der Waals surface area (Å²) in [4.78, 5) is 13.5. The van der Waals surface area contributed by atoms with Crippen molar-refractivity contribution in [2.45, 2.75) is 19.3 Å². The first-order chi connectivity index (χ1) is 6.86. The van der Waals surface area contributed by atoms with Gasteiger partial charge in [-0.1, -0.05) is 0 Å². The molecule has 2 rings (SSSR count). The fourth-order valence-electron chi connectivity index (χ4n) is 2.01. The van der Waals surface area contributed by atoms with Gasteiger partial charge in [0.2, 0.25) is 0 Å². The van der Waals surface area contributed by atoms with Gasteiger partial charge in [0.1, 0.15) is 0 Å². The van der Waals surface area contributed by atoms with Crippen LogP contribution >= 0.6 is 11.8 Å². The van der Waals surface area contributed by atoms with Crippen LogP contribution < -0.4 is 5.32 Å². The Bertz CT molecular complexity index is 198. The molecule has 2 aliphatic rings. The minimum absolute atomic E-state index is 0.152. The molecule has 14 heavy (non-hydrogen) atoms. The van der Waals surface area contributed by atoms with Crippen LogP contribution in [0, 0.1) is 5.92 Å². The van der Waals surface area contributed by atoms with Crippen molar-refractivity contribution in [3.05, 3.63) is 0 Å². The Morgan fingerprint density at radius 1 is 1.43 bits per heavy atom. The van der Waals surface area contributed by atoms with Crippen LogP contribution in [0.5, 0.6) is 0 Å². The Morgan fingerprint density at radius 2 is 2.21 bits per heavy atom. The second-order valence-electron chi connectivity index (χ2n) is 4.11. The molecule has 0 saturated carbocycles. The zero-order chi connectivity index (χ0) is 9.80. The van der Waals surface area contributed by atoms with Crippen LogP contribution in [0.1, 0.15) is 19.3 Å². The molecule has 80 valence electrons. The third-order valence-corrected chi connectivity index (χ3v) is 4.19. The second kappa shape index (κ2) is 4.91. The number of carbonyl (C=O) groups is 1. The maximum atomic E-state index is 11.6. The topological polar surface area (TPSA) is 32.3 Å². The summed E-state index contributed by atoms with van der Waals surface area (Å²) < 4.78 is 0. The summed E-state index contributed by atoms with van der Waals surface area (Å²) in [7, 11) is 0. The molecule has 1 N–H and O–H groups in total. The molecule has 0 spiro atoms. The number of thioether (sulfide) groups is 1. The maximum absolute atomic E-state index is 11.6. The van der Waals surface area contributed by atoms with Gasteiger partial charge in [-0.05, 0) is 36.7 Å². The molecule has 3 nitrogen and oxygen atoms in total. The largest absolute Gasteiger partial charge is 0.338 e. The van der Waals surface area contributed by atoms with Crippen LogP contribution in [0.25, 0.3) is 0 Å². The number of hydrogen-bond acceptors (Lipinski definition) is 2. The van der Waals surface area contributed by atoms with E-state index in [1.54, 1.807) is 0 Å². The number of urea groups is 1. The molecule has 2 aliphatic heterocycles. The van der Waals surface area contributed by atoms with Crippen LogP contribution in [0.2, 0.25) is 0 Å². The van der Waals surface area contributed by atoms with Gasteiger partial charge in [0.05, 0.1) is 0 Å². The molecule has 0 aromatic rings. The number of amides is 2. The Hall–Kier alpha value is -0.380. The quantitative estimate of drug-likeness (QED) is 0.756. The van der Waals surface area contributed by atoms with Crippen LogP contribution in [-0.4, -0.2) is 42.1 Å². The van der Waals surface area contributed by atoms with Crippen molar-refractivity contribution in [2.75, 3.05) is 31.1 Å². The van der Waals surface area contributed by atoms with E-state index < -0.39 is 0 Å². The van der Waals surface area contributed by atoms with Crippen molar-refractivity contribution in [3.8, 4) is 0 Å². The molecule has 1 unspecified atom stereocenters. The minimum Gasteiger partial charge on any atom is -0.338 e. The first-order valence-corrected chi connectivity index (χ1v) is 6.62. The number of nitrogens with one attached hydrogen (secondary N) is 1. The number of likely N-dealkylation sites (tertiary alicyclic amines) is 1. The highest BCUT2D eigenvalue weighted by atomic mass is 32.2. The standard InChI is InChI=1S/C10H18N2OS/c13-10(12-4-1-2-5-12)11-7-9-3-6-14-8-9/h9H,1-8H2,(H,11,13). The number of hydrogen-bond donors (Lipinski definition) is 1. The zero-order valence-electron chi connectivity index (χ0n) is 8.50. The molecule has 2 heterocycles. The number of rotatable bonds is 2. The molecule has 0 bridgehead atoms. The molecule has 0 aromatic carbocycles. The van der Waals surface area contributed by atoms with E-state index in [9.17, 15) is 4.79 Å². The maximum Gasteiger partial charge on any atom is 0.317 e. The van der Waals surface area contributed by atoms with Crippen LogP contribution in [0.3, 0.4) is 0 Å². The van der Waals surface area contributed by atoms with Crippen LogP contribution in [0.15, 0.2) is 0 Å². The predicted octanol–water partition coefficient (Wildman–Crippen LogP) is 1.54. The van der Waals surface area contributed by atoms with Crippen LogP contribution in [0.4, 0.5) is 4.79 Å². The van der Waals surface area contributed by atoms with Crippen molar-refractivity contribution in [3.63, 3.8) is 0 Å². The van der Waals surface area contributed by atoms with E-state index in [-0.39, 0.29) is 6.03 Å². The average Bonchev–Trinajstić information content (AvgIpc) is 2.87. The molecule has 4 heteroatoms. The van der Waals surface area contributed by atoms with E-state index >= 15 is 0 Å². The van der Waals surface area contributed by atoms with Gasteiger partial charge < -0.3 is 10.2 Å². The summed E-state index contributed by atoms with van der Waals surface area (Å²) in [5.41, 5.74) is 0. The highest BCUT2D eigenvalue weighted by Crippen LogP contribution is 2.22. The number of nitrogens with zero attached hydrogens (tertiary/aromatic N) is 1. The third-order valence-electron chi connectivity index (χ3n) is 2.96. The van der Waals surface area contributed by atoms with Gasteiger partial charge in [0, 0.05) is 19.6 Å². The Kier molecular flexibility index (Phi) is 3.56. The van der Waals surface area contributed by atoms with Crippen molar-refractivity contribution in [1.29, 1.82) is 0 Å². The predicted molar refractivity (Wildman–Crippen MR) is 59.6 cm³/mol. The van der Waals surface area contributed by atoms with E-state index in [2.05, 4.69) is 5.32 Å². The second-order valence-corrected chi connectivity index (χ2v) is 5.26. The molecule has 1 atom stereocenters. The Balaban J connectivity index is 1.66. The van der Waals surface area contributed by atoms with Gasteiger partial charge in [-0.3, -0.25) is 0 Å². The average molecular weight is 214 g/mol. The summed E-state index contributed by atoms with van der Waals surface area (Å²) in [6, 6.07) is 0.152. The van der Waals surface area contributed by atoms with E-state index in [1.165, 1.54) is 30.8 Å². The monoisotopic (exact) mass is 214 g/mol. The smallest absolute Gasteiger partial charge is 0.317 e. The molecule has 0 aliphatic carbocycles. The lowest BCUT2D eigenvalue weighted by molar-refractivity contribution is 0.207. The lowest BCUT2D eigenvalue weighted by Crippen LogP contribution is -2.40. The lowest BCUT2D eigenvalue weighted by Gasteiger charge is -2.17. The number of carbonyl (C=O) groups excluding carboxylic acids is 1. The normalized spacial score (nSPS) is 26.9. The minimum atomic E-state index is 0.152. The van der Waals surface area contributed by atoms with Crippen molar-refractivity contribution < 1.29 is 4.79 Å². The lowest BCUT2D eigenvalue weighted by atomic mass is 10.1. The van der Waals surface area contributed by atoms with Gasteiger partial charge in [0.25, 0.3) is 0 Å². The van der Waals surface area contributed by atoms with Gasteiger partial charge in [-0.15, -0.1) is 0 Å². The molecule has 0 radical (unpaired) electrons. The van der Waals surface area contributed by atoms with E-state index in [0.29, 0.717) is 5.92 Å². The summed E-state index contributed by atoms with van der Waals surface area (Å²) in [5.74, 6) is 3.21. The fraction of sp³-hybridized carbons (Fsp3) is 0.900. The highest BCUT2D eigenvalue weighted by Gasteiger charge is 2.20. The fourth-order valence-corrected chi connectivity index (χ4v) is 3.29. The Morgan fingerprint density at radius 3 is 2.86 bits per heavy atom. The first-order valence-electron chi connectivity index (χ1n) is 5.47. The molecule has 2 fully saturated rings. The van der Waals surface area contributed by atoms with Gasteiger partial charge in [-0.25, -0.2) is 4.79 Å². The Labute approximate surface area is 89.6 Å². The van der Waals surface area contributed by atoms with Crippen molar-refractivity contribution in [1.82, 2.24) is 10.2 Å². The SMILES string of the molecule is O=C(NCC1CCSC1)N1CCCC1. The van der Waals surface area contributed by atoms with Gasteiger partial charge >= 0.3 is 6.03 Å². The summed E-state index contributed by atoms with van der Waals surface area (Å²) in [6.07, 6.45) is 3.62. The van der Waals surface area contributed by atoms with Gasteiger partial charge in [0.15, 0.2) is 0 Å². The summed E-state index contributed by atoms with van der Waals surface area (Å²) >= 11 is 2.00. The molecule has 0 aromatic heterocycles.